The number of thioether (sulfide) groups is 1. The van der Waals surface area contributed by atoms with E-state index in [0.29, 0.717) is 16.3 Å². The molecule has 0 amide bonds. The van der Waals surface area contributed by atoms with Crippen LogP contribution in [0.3, 0.4) is 0 Å². The van der Waals surface area contributed by atoms with E-state index in [1.54, 1.807) is 11.8 Å². The Bertz CT molecular complexity index is 306. The minimum absolute atomic E-state index is 0.370. The van der Waals surface area contributed by atoms with Crippen LogP contribution >= 0.6 is 23.4 Å². The Balaban J connectivity index is 2.77. The minimum atomic E-state index is -0.692. The van der Waals surface area contributed by atoms with E-state index in [1.807, 2.05) is 6.92 Å². The molecule has 78 valence electrons. The summed E-state index contributed by atoms with van der Waals surface area (Å²) >= 11 is 7.43. The molecule has 0 heterocycles. The van der Waals surface area contributed by atoms with Crippen molar-refractivity contribution in [2.45, 2.75) is 13.0 Å². The Hall–Kier alpha value is -0.250. The first-order chi connectivity index (χ1) is 6.65. The quantitative estimate of drug-likeness (QED) is 0.863. The van der Waals surface area contributed by atoms with Crippen molar-refractivity contribution >= 4 is 23.4 Å². The fourth-order valence-corrected chi connectivity index (χ4v) is 1.97. The van der Waals surface area contributed by atoms with Crippen LogP contribution in [-0.2, 0) is 0 Å². The number of benzene rings is 1. The molecule has 1 N–H and O–H groups in total. The smallest absolute Gasteiger partial charge is 0.123 e. The van der Waals surface area contributed by atoms with E-state index < -0.39 is 6.10 Å². The van der Waals surface area contributed by atoms with Gasteiger partial charge in [0.15, 0.2) is 0 Å². The summed E-state index contributed by atoms with van der Waals surface area (Å²) < 4.78 is 12.9. The van der Waals surface area contributed by atoms with Crippen LogP contribution in [0, 0.1) is 5.82 Å². The van der Waals surface area contributed by atoms with Crippen LogP contribution in [0.2, 0.25) is 5.02 Å². The molecular weight excluding hydrogens is 223 g/mol. The summed E-state index contributed by atoms with van der Waals surface area (Å²) in [5.41, 5.74) is 0.465. The molecule has 0 radical (unpaired) electrons. The average molecular weight is 235 g/mol. The summed E-state index contributed by atoms with van der Waals surface area (Å²) in [5, 5.41) is 10.1. The van der Waals surface area contributed by atoms with Crippen LogP contribution in [-0.4, -0.2) is 16.6 Å². The van der Waals surface area contributed by atoms with Crippen molar-refractivity contribution in [3.8, 4) is 0 Å². The van der Waals surface area contributed by atoms with Gasteiger partial charge in [-0.05, 0) is 24.0 Å². The van der Waals surface area contributed by atoms with E-state index in [2.05, 4.69) is 0 Å². The summed E-state index contributed by atoms with van der Waals surface area (Å²) in [6, 6.07) is 4.03. The highest BCUT2D eigenvalue weighted by Gasteiger charge is 2.11. The normalized spacial score (nSPS) is 12.9. The molecule has 0 aliphatic heterocycles. The van der Waals surface area contributed by atoms with Crippen LogP contribution in [0.1, 0.15) is 18.6 Å². The third-order valence-electron chi connectivity index (χ3n) is 1.80. The van der Waals surface area contributed by atoms with E-state index in [4.69, 9.17) is 11.6 Å². The summed E-state index contributed by atoms with van der Waals surface area (Å²) in [7, 11) is 0. The van der Waals surface area contributed by atoms with Crippen LogP contribution < -0.4 is 0 Å². The molecular formula is C10H12ClFOS. The molecule has 1 nitrogen and oxygen atoms in total. The molecule has 0 fully saturated rings. The monoisotopic (exact) mass is 234 g/mol. The molecule has 0 saturated heterocycles. The number of aliphatic hydroxyl groups is 1. The zero-order chi connectivity index (χ0) is 10.6. The topological polar surface area (TPSA) is 20.2 Å². The fourth-order valence-electron chi connectivity index (χ4n) is 1.09. The zero-order valence-corrected chi connectivity index (χ0v) is 9.41. The standard InChI is InChI=1S/C10H12ClFOS/c1-2-14-6-10(13)8-5-7(12)3-4-9(8)11/h3-5,10,13H,2,6H2,1H3. The Morgan fingerprint density at radius 1 is 1.57 bits per heavy atom. The fraction of sp³-hybridized carbons (Fsp3) is 0.400. The highest BCUT2D eigenvalue weighted by atomic mass is 35.5. The van der Waals surface area contributed by atoms with Gasteiger partial charge in [-0.25, -0.2) is 4.39 Å². The van der Waals surface area contributed by atoms with Crippen molar-refractivity contribution in [3.63, 3.8) is 0 Å². The highest BCUT2D eigenvalue weighted by Crippen LogP contribution is 2.26. The average Bonchev–Trinajstić information content (AvgIpc) is 2.18. The molecule has 0 spiro atoms. The number of hydrogen-bond acceptors (Lipinski definition) is 2. The molecule has 1 aromatic carbocycles. The molecule has 0 aromatic heterocycles. The molecule has 14 heavy (non-hydrogen) atoms. The van der Waals surface area contributed by atoms with E-state index in [1.165, 1.54) is 18.2 Å². The molecule has 0 aliphatic rings. The second kappa shape index (κ2) is 5.59. The SMILES string of the molecule is CCSCC(O)c1cc(F)ccc1Cl. The Morgan fingerprint density at radius 3 is 2.93 bits per heavy atom. The molecule has 0 aliphatic carbocycles. The number of aliphatic hydroxyl groups excluding tert-OH is 1. The summed E-state index contributed by atoms with van der Waals surface area (Å²) in [4.78, 5) is 0. The predicted octanol–water partition coefficient (Wildman–Crippen LogP) is 3.27. The Labute approximate surface area is 92.3 Å². The highest BCUT2D eigenvalue weighted by molar-refractivity contribution is 7.99. The Morgan fingerprint density at radius 2 is 2.29 bits per heavy atom. The van der Waals surface area contributed by atoms with Gasteiger partial charge in [-0.1, -0.05) is 18.5 Å². The van der Waals surface area contributed by atoms with Gasteiger partial charge in [-0.15, -0.1) is 0 Å². The van der Waals surface area contributed by atoms with Crippen molar-refractivity contribution in [2.75, 3.05) is 11.5 Å². The summed E-state index contributed by atoms with van der Waals surface area (Å²) in [5.74, 6) is 1.09. The van der Waals surface area contributed by atoms with Gasteiger partial charge in [0.05, 0.1) is 6.10 Å². The third-order valence-corrected chi connectivity index (χ3v) is 3.10. The maximum Gasteiger partial charge on any atom is 0.123 e. The molecule has 1 unspecified atom stereocenters. The van der Waals surface area contributed by atoms with Gasteiger partial charge >= 0.3 is 0 Å². The van der Waals surface area contributed by atoms with Gasteiger partial charge in [0.2, 0.25) is 0 Å². The zero-order valence-electron chi connectivity index (χ0n) is 7.84. The first kappa shape index (κ1) is 11.8. The molecule has 4 heteroatoms. The minimum Gasteiger partial charge on any atom is -0.387 e. The van der Waals surface area contributed by atoms with E-state index in [-0.39, 0.29) is 5.82 Å². The lowest BCUT2D eigenvalue weighted by molar-refractivity contribution is 0.204. The molecule has 1 atom stereocenters. The van der Waals surface area contributed by atoms with E-state index in [0.717, 1.165) is 5.75 Å². The predicted molar refractivity (Wildman–Crippen MR) is 59.4 cm³/mol. The van der Waals surface area contributed by atoms with Gasteiger partial charge < -0.3 is 5.11 Å². The Kier molecular flexibility index (Phi) is 4.72. The van der Waals surface area contributed by atoms with Crippen LogP contribution in [0.5, 0.6) is 0 Å². The van der Waals surface area contributed by atoms with Crippen molar-refractivity contribution in [1.82, 2.24) is 0 Å². The van der Waals surface area contributed by atoms with E-state index >= 15 is 0 Å². The largest absolute Gasteiger partial charge is 0.387 e. The van der Waals surface area contributed by atoms with Gasteiger partial charge in [0.1, 0.15) is 5.82 Å². The molecule has 1 rings (SSSR count). The van der Waals surface area contributed by atoms with E-state index in [9.17, 15) is 9.50 Å². The molecule has 1 aromatic rings. The third kappa shape index (κ3) is 3.15. The van der Waals surface area contributed by atoms with Crippen LogP contribution in [0.25, 0.3) is 0 Å². The molecule has 0 bridgehead atoms. The maximum atomic E-state index is 12.9. The summed E-state index contributed by atoms with van der Waals surface area (Å²) in [6.07, 6.45) is -0.692. The van der Waals surface area contributed by atoms with Crippen LogP contribution in [0.4, 0.5) is 4.39 Å². The first-order valence-corrected chi connectivity index (χ1v) is 5.89. The van der Waals surface area contributed by atoms with Gasteiger partial charge in [0.25, 0.3) is 0 Å². The second-order valence-electron chi connectivity index (χ2n) is 2.84. The lowest BCUT2D eigenvalue weighted by Crippen LogP contribution is -2.02. The van der Waals surface area contributed by atoms with Gasteiger partial charge in [0, 0.05) is 16.3 Å². The first-order valence-electron chi connectivity index (χ1n) is 4.36. The summed E-state index contributed by atoms with van der Waals surface area (Å²) in [6.45, 7) is 2.00. The number of rotatable bonds is 4. The lowest BCUT2D eigenvalue weighted by Gasteiger charge is -2.11. The maximum absolute atomic E-state index is 12.9. The van der Waals surface area contributed by atoms with Gasteiger partial charge in [-0.3, -0.25) is 0 Å². The van der Waals surface area contributed by atoms with Crippen molar-refractivity contribution in [3.05, 3.63) is 34.6 Å². The second-order valence-corrected chi connectivity index (χ2v) is 4.57. The lowest BCUT2D eigenvalue weighted by atomic mass is 10.1. The van der Waals surface area contributed by atoms with Crippen molar-refractivity contribution < 1.29 is 9.50 Å². The molecule has 0 saturated carbocycles. The van der Waals surface area contributed by atoms with Crippen molar-refractivity contribution in [2.24, 2.45) is 0 Å². The number of halogens is 2. The van der Waals surface area contributed by atoms with Crippen LogP contribution in [0.15, 0.2) is 18.2 Å². The van der Waals surface area contributed by atoms with Gasteiger partial charge in [-0.2, -0.15) is 11.8 Å². The number of hydrogen-bond donors (Lipinski definition) is 1. The van der Waals surface area contributed by atoms with Crippen molar-refractivity contribution in [1.29, 1.82) is 0 Å².